The Labute approximate surface area is 93.7 Å². The third-order valence-corrected chi connectivity index (χ3v) is 2.60. The first-order chi connectivity index (χ1) is 7.36. The van der Waals surface area contributed by atoms with E-state index in [1.165, 1.54) is 30.4 Å². The summed E-state index contributed by atoms with van der Waals surface area (Å²) in [7, 11) is 0. The Bertz CT molecular complexity index is 300. The standard InChI is InChI=1S/C15H20/c1-3-5-6-7-9-15-12-10-14(8-4-2)11-13-15/h1,10-13H,4-9H2,2H3. The van der Waals surface area contributed by atoms with Crippen LogP contribution in [0, 0.1) is 12.3 Å². The minimum atomic E-state index is 0.911. The first-order valence-corrected chi connectivity index (χ1v) is 5.88. The maximum Gasteiger partial charge on any atom is 0.00861 e. The summed E-state index contributed by atoms with van der Waals surface area (Å²) in [5, 5.41) is 0. The molecule has 0 aromatic heterocycles. The van der Waals surface area contributed by atoms with Gasteiger partial charge >= 0.3 is 0 Å². The van der Waals surface area contributed by atoms with Gasteiger partial charge < -0.3 is 0 Å². The largest absolute Gasteiger partial charge is 0.120 e. The minimum absolute atomic E-state index is 0.911. The van der Waals surface area contributed by atoms with E-state index < -0.39 is 0 Å². The van der Waals surface area contributed by atoms with Crippen LogP contribution in [0.2, 0.25) is 0 Å². The average molecular weight is 200 g/mol. The monoisotopic (exact) mass is 200 g/mol. The molecule has 0 aliphatic heterocycles. The van der Waals surface area contributed by atoms with Crippen LogP contribution in [0.15, 0.2) is 24.3 Å². The van der Waals surface area contributed by atoms with Crippen molar-refractivity contribution in [2.45, 2.75) is 45.4 Å². The highest BCUT2D eigenvalue weighted by molar-refractivity contribution is 5.22. The van der Waals surface area contributed by atoms with Crippen LogP contribution in [0.3, 0.4) is 0 Å². The molecule has 0 radical (unpaired) electrons. The molecule has 1 aromatic carbocycles. The van der Waals surface area contributed by atoms with Gasteiger partial charge in [-0.05, 0) is 36.8 Å². The van der Waals surface area contributed by atoms with Gasteiger partial charge in [-0.25, -0.2) is 0 Å². The predicted molar refractivity (Wildman–Crippen MR) is 66.8 cm³/mol. The molecule has 15 heavy (non-hydrogen) atoms. The minimum Gasteiger partial charge on any atom is -0.120 e. The van der Waals surface area contributed by atoms with Gasteiger partial charge in [0.2, 0.25) is 0 Å². The highest BCUT2D eigenvalue weighted by Gasteiger charge is 1.94. The molecule has 0 spiro atoms. The van der Waals surface area contributed by atoms with Gasteiger partial charge in [-0.3, -0.25) is 0 Å². The van der Waals surface area contributed by atoms with E-state index in [9.17, 15) is 0 Å². The molecule has 0 heteroatoms. The van der Waals surface area contributed by atoms with E-state index in [2.05, 4.69) is 37.1 Å². The molecule has 0 heterocycles. The van der Waals surface area contributed by atoms with Gasteiger partial charge in [-0.2, -0.15) is 0 Å². The summed E-state index contributed by atoms with van der Waals surface area (Å²) in [6.07, 6.45) is 12.0. The SMILES string of the molecule is C#CCCCCc1ccc(CCC)cc1. The molecular weight excluding hydrogens is 180 g/mol. The Morgan fingerprint density at radius 3 is 2.13 bits per heavy atom. The summed E-state index contributed by atoms with van der Waals surface area (Å²) < 4.78 is 0. The lowest BCUT2D eigenvalue weighted by atomic mass is 10.0. The van der Waals surface area contributed by atoms with Crippen molar-refractivity contribution in [3.8, 4) is 12.3 Å². The third kappa shape index (κ3) is 4.70. The summed E-state index contributed by atoms with van der Waals surface area (Å²) in [5.41, 5.74) is 2.89. The van der Waals surface area contributed by atoms with Crippen LogP contribution >= 0.6 is 0 Å². The number of unbranched alkanes of at least 4 members (excludes halogenated alkanes) is 2. The molecule has 0 unspecified atom stereocenters. The van der Waals surface area contributed by atoms with Gasteiger partial charge in [-0.15, -0.1) is 12.3 Å². The lowest BCUT2D eigenvalue weighted by Crippen LogP contribution is -1.87. The summed E-state index contributed by atoms with van der Waals surface area (Å²) in [4.78, 5) is 0. The fourth-order valence-corrected chi connectivity index (χ4v) is 1.72. The van der Waals surface area contributed by atoms with Crippen LogP contribution in [-0.4, -0.2) is 0 Å². The molecule has 1 aromatic rings. The topological polar surface area (TPSA) is 0 Å². The number of rotatable bonds is 6. The molecule has 1 rings (SSSR count). The van der Waals surface area contributed by atoms with Crippen LogP contribution < -0.4 is 0 Å². The molecule has 0 bridgehead atoms. The second kappa shape index (κ2) is 7.12. The van der Waals surface area contributed by atoms with E-state index in [0.717, 1.165) is 19.3 Å². The molecule has 0 aliphatic rings. The van der Waals surface area contributed by atoms with Crippen LogP contribution in [-0.2, 0) is 12.8 Å². The molecule has 0 nitrogen and oxygen atoms in total. The zero-order valence-electron chi connectivity index (χ0n) is 9.63. The van der Waals surface area contributed by atoms with Crippen LogP contribution in [0.4, 0.5) is 0 Å². The molecule has 0 aliphatic carbocycles. The zero-order valence-corrected chi connectivity index (χ0v) is 9.63. The van der Waals surface area contributed by atoms with E-state index >= 15 is 0 Å². The molecule has 0 fully saturated rings. The van der Waals surface area contributed by atoms with Crippen molar-refractivity contribution < 1.29 is 0 Å². The first kappa shape index (κ1) is 11.9. The quantitative estimate of drug-likeness (QED) is 0.481. The van der Waals surface area contributed by atoms with Crippen molar-refractivity contribution in [1.29, 1.82) is 0 Å². The van der Waals surface area contributed by atoms with Crippen LogP contribution in [0.5, 0.6) is 0 Å². The van der Waals surface area contributed by atoms with E-state index in [1.54, 1.807) is 0 Å². The van der Waals surface area contributed by atoms with Gasteiger partial charge in [0.25, 0.3) is 0 Å². The summed E-state index contributed by atoms with van der Waals surface area (Å²) >= 11 is 0. The third-order valence-electron chi connectivity index (χ3n) is 2.60. The number of hydrogen-bond acceptors (Lipinski definition) is 0. The highest BCUT2D eigenvalue weighted by atomic mass is 14.0. The fourth-order valence-electron chi connectivity index (χ4n) is 1.72. The maximum absolute atomic E-state index is 5.21. The van der Waals surface area contributed by atoms with E-state index in [-0.39, 0.29) is 0 Å². The maximum atomic E-state index is 5.21. The van der Waals surface area contributed by atoms with E-state index in [0.29, 0.717) is 0 Å². The second-order valence-corrected chi connectivity index (χ2v) is 3.98. The van der Waals surface area contributed by atoms with Gasteiger partial charge in [0.05, 0.1) is 0 Å². The van der Waals surface area contributed by atoms with Gasteiger partial charge in [0.1, 0.15) is 0 Å². The highest BCUT2D eigenvalue weighted by Crippen LogP contribution is 2.10. The number of terminal acetylenes is 1. The van der Waals surface area contributed by atoms with Crippen LogP contribution in [0.1, 0.15) is 43.7 Å². The molecule has 0 N–H and O–H groups in total. The van der Waals surface area contributed by atoms with Gasteiger partial charge in [0, 0.05) is 6.42 Å². The molecule has 0 amide bonds. The van der Waals surface area contributed by atoms with Crippen LogP contribution in [0.25, 0.3) is 0 Å². The zero-order chi connectivity index (χ0) is 10.9. The van der Waals surface area contributed by atoms with Gasteiger partial charge in [0.15, 0.2) is 0 Å². The van der Waals surface area contributed by atoms with Crippen molar-refractivity contribution in [2.75, 3.05) is 0 Å². The fraction of sp³-hybridized carbons (Fsp3) is 0.467. The Hall–Kier alpha value is -1.22. The second-order valence-electron chi connectivity index (χ2n) is 3.98. The lowest BCUT2D eigenvalue weighted by Gasteiger charge is -2.02. The molecule has 0 atom stereocenters. The van der Waals surface area contributed by atoms with Crippen molar-refractivity contribution in [3.63, 3.8) is 0 Å². The lowest BCUT2D eigenvalue weighted by molar-refractivity contribution is 0.756. The average Bonchev–Trinajstić information content (AvgIpc) is 2.27. The molecular formula is C15H20. The number of aryl methyl sites for hydroxylation is 2. The van der Waals surface area contributed by atoms with E-state index in [1.807, 2.05) is 0 Å². The Morgan fingerprint density at radius 2 is 1.60 bits per heavy atom. The Morgan fingerprint density at radius 1 is 1.00 bits per heavy atom. The molecule has 80 valence electrons. The number of hydrogen-bond donors (Lipinski definition) is 0. The summed E-state index contributed by atoms with van der Waals surface area (Å²) in [6, 6.07) is 9.00. The summed E-state index contributed by atoms with van der Waals surface area (Å²) in [5.74, 6) is 2.68. The van der Waals surface area contributed by atoms with Crippen molar-refractivity contribution in [3.05, 3.63) is 35.4 Å². The molecule has 0 saturated heterocycles. The number of benzene rings is 1. The van der Waals surface area contributed by atoms with Gasteiger partial charge in [-0.1, -0.05) is 37.6 Å². The Kier molecular flexibility index (Phi) is 5.63. The normalized spacial score (nSPS) is 9.87. The predicted octanol–water partition coefficient (Wildman–Crippen LogP) is 3.99. The van der Waals surface area contributed by atoms with E-state index in [4.69, 9.17) is 6.42 Å². The summed E-state index contributed by atoms with van der Waals surface area (Å²) in [6.45, 7) is 2.22. The first-order valence-electron chi connectivity index (χ1n) is 5.88. The smallest absolute Gasteiger partial charge is 0.00861 e. The van der Waals surface area contributed by atoms with Crippen molar-refractivity contribution >= 4 is 0 Å². The molecule has 0 saturated carbocycles. The Balaban J connectivity index is 2.33. The van der Waals surface area contributed by atoms with Crippen molar-refractivity contribution in [2.24, 2.45) is 0 Å². The van der Waals surface area contributed by atoms with Crippen molar-refractivity contribution in [1.82, 2.24) is 0 Å².